The maximum atomic E-state index is 12.4. The zero-order valence-corrected chi connectivity index (χ0v) is 11.4. The molecule has 0 aromatic carbocycles. The number of nitrogens with two attached hydrogens (primary N) is 1. The molecule has 0 aliphatic carbocycles. The first-order chi connectivity index (χ1) is 9.48. The highest BCUT2D eigenvalue weighted by molar-refractivity contribution is 5.94. The van der Waals surface area contributed by atoms with Gasteiger partial charge in [-0.05, 0) is 18.6 Å². The van der Waals surface area contributed by atoms with Crippen molar-refractivity contribution in [3.8, 4) is 0 Å². The first-order valence-electron chi connectivity index (χ1n) is 6.43. The number of methoxy groups -OCH3 is 1. The van der Waals surface area contributed by atoms with E-state index < -0.39 is 11.5 Å². The number of amides is 1. The predicted molar refractivity (Wildman–Crippen MR) is 71.4 cm³/mol. The summed E-state index contributed by atoms with van der Waals surface area (Å²) in [5.74, 6) is -1.26. The largest absolute Gasteiger partial charge is 0.480 e. The molecule has 20 heavy (non-hydrogen) atoms. The highest BCUT2D eigenvalue weighted by Gasteiger charge is 2.43. The monoisotopic (exact) mass is 281 g/mol. The van der Waals surface area contributed by atoms with Gasteiger partial charge in [0.05, 0.1) is 6.61 Å². The van der Waals surface area contributed by atoms with Crippen LogP contribution in [0.1, 0.15) is 16.9 Å². The molecule has 1 aliphatic heterocycles. The van der Waals surface area contributed by atoms with Crippen molar-refractivity contribution in [2.75, 3.05) is 26.8 Å². The number of carboxylic acid groups (broad SMARTS) is 1. The molecule has 0 saturated carbocycles. The first kappa shape index (κ1) is 14.5. The van der Waals surface area contributed by atoms with Crippen molar-refractivity contribution in [1.82, 2.24) is 9.47 Å². The van der Waals surface area contributed by atoms with E-state index in [9.17, 15) is 9.59 Å². The lowest BCUT2D eigenvalue weighted by molar-refractivity contribution is -0.142. The molecular weight excluding hydrogens is 262 g/mol. The van der Waals surface area contributed by atoms with Crippen LogP contribution in [0.25, 0.3) is 0 Å². The molecule has 110 valence electrons. The summed E-state index contributed by atoms with van der Waals surface area (Å²) in [7, 11) is 1.60. The molecule has 0 bridgehead atoms. The van der Waals surface area contributed by atoms with E-state index in [1.807, 2.05) is 0 Å². The summed E-state index contributed by atoms with van der Waals surface area (Å²) in [5, 5.41) is 9.09. The molecule has 0 radical (unpaired) electrons. The number of likely N-dealkylation sites (tertiary alicyclic amines) is 1. The normalized spacial score (nSPS) is 22.2. The standard InChI is InChI=1S/C13H19N3O4/c1-20-8-7-15-5-2-3-10(15)11(17)16-6-4-13(14,9-16)12(18)19/h2-3,5H,4,6-9,14H2,1H3,(H,18,19). The van der Waals surface area contributed by atoms with Crippen molar-refractivity contribution in [2.45, 2.75) is 18.5 Å². The van der Waals surface area contributed by atoms with Gasteiger partial charge >= 0.3 is 5.97 Å². The van der Waals surface area contributed by atoms with Crippen LogP contribution in [0.15, 0.2) is 18.3 Å². The van der Waals surface area contributed by atoms with Gasteiger partial charge in [-0.3, -0.25) is 9.59 Å². The minimum absolute atomic E-state index is 0.0383. The van der Waals surface area contributed by atoms with Crippen molar-refractivity contribution >= 4 is 11.9 Å². The number of rotatable bonds is 5. The van der Waals surface area contributed by atoms with Crippen molar-refractivity contribution in [1.29, 1.82) is 0 Å². The van der Waals surface area contributed by atoms with Crippen molar-refractivity contribution in [3.05, 3.63) is 24.0 Å². The molecule has 1 aromatic heterocycles. The smallest absolute Gasteiger partial charge is 0.325 e. The predicted octanol–water partition coefficient (Wildman–Crippen LogP) is -0.237. The fourth-order valence-electron chi connectivity index (χ4n) is 2.34. The topological polar surface area (TPSA) is 97.8 Å². The van der Waals surface area contributed by atoms with Crippen LogP contribution in [0, 0.1) is 0 Å². The van der Waals surface area contributed by atoms with Crippen LogP contribution < -0.4 is 5.73 Å². The molecule has 1 saturated heterocycles. The van der Waals surface area contributed by atoms with E-state index in [1.165, 1.54) is 4.90 Å². The Kier molecular flexibility index (Phi) is 4.10. The molecule has 7 heteroatoms. The molecule has 0 spiro atoms. The van der Waals surface area contributed by atoms with Gasteiger partial charge in [-0.1, -0.05) is 0 Å². The van der Waals surface area contributed by atoms with Gasteiger partial charge < -0.3 is 25.0 Å². The van der Waals surface area contributed by atoms with Gasteiger partial charge in [0.25, 0.3) is 5.91 Å². The second-order valence-corrected chi connectivity index (χ2v) is 5.02. The SMILES string of the molecule is COCCn1cccc1C(=O)N1CCC(N)(C(=O)O)C1. The fourth-order valence-corrected chi connectivity index (χ4v) is 2.34. The van der Waals surface area contributed by atoms with Gasteiger partial charge in [0.15, 0.2) is 0 Å². The van der Waals surface area contributed by atoms with Gasteiger partial charge in [0.1, 0.15) is 11.2 Å². The summed E-state index contributed by atoms with van der Waals surface area (Å²) in [5.41, 5.74) is 4.97. The Labute approximate surface area is 116 Å². The summed E-state index contributed by atoms with van der Waals surface area (Å²) in [6.07, 6.45) is 2.07. The lowest BCUT2D eigenvalue weighted by Crippen LogP contribution is -2.50. The average molecular weight is 281 g/mol. The lowest BCUT2D eigenvalue weighted by Gasteiger charge is -2.20. The van der Waals surface area contributed by atoms with Crippen molar-refractivity contribution in [2.24, 2.45) is 5.73 Å². The number of aromatic nitrogens is 1. The molecule has 1 fully saturated rings. The number of carbonyl (C=O) groups excluding carboxylic acids is 1. The maximum Gasteiger partial charge on any atom is 0.325 e. The average Bonchev–Trinajstić information content (AvgIpc) is 3.03. The minimum Gasteiger partial charge on any atom is -0.480 e. The van der Waals surface area contributed by atoms with Gasteiger partial charge in [-0.2, -0.15) is 0 Å². The third kappa shape index (κ3) is 2.68. The number of aliphatic carboxylic acids is 1. The second-order valence-electron chi connectivity index (χ2n) is 5.02. The van der Waals surface area contributed by atoms with Crippen LogP contribution in [0.5, 0.6) is 0 Å². The maximum absolute atomic E-state index is 12.4. The van der Waals surface area contributed by atoms with Gasteiger partial charge in [-0.15, -0.1) is 0 Å². The number of carbonyl (C=O) groups is 2. The quantitative estimate of drug-likeness (QED) is 0.776. The Morgan fingerprint density at radius 3 is 2.90 bits per heavy atom. The Bertz CT molecular complexity index is 513. The molecule has 1 aliphatic rings. The highest BCUT2D eigenvalue weighted by atomic mass is 16.5. The highest BCUT2D eigenvalue weighted by Crippen LogP contribution is 2.21. The fraction of sp³-hybridized carbons (Fsp3) is 0.538. The number of nitrogens with zero attached hydrogens (tertiary/aromatic N) is 2. The molecule has 1 atom stereocenters. The van der Waals surface area contributed by atoms with Crippen LogP contribution in [0.4, 0.5) is 0 Å². The molecule has 2 heterocycles. The molecular formula is C13H19N3O4. The first-order valence-corrected chi connectivity index (χ1v) is 6.43. The summed E-state index contributed by atoms with van der Waals surface area (Å²) >= 11 is 0. The van der Waals surface area contributed by atoms with Crippen LogP contribution in [-0.4, -0.2) is 58.8 Å². The van der Waals surface area contributed by atoms with Gasteiger partial charge in [-0.25, -0.2) is 0 Å². The second kappa shape index (κ2) is 5.64. The third-order valence-corrected chi connectivity index (χ3v) is 3.60. The van der Waals surface area contributed by atoms with E-state index in [1.54, 1.807) is 30.0 Å². The molecule has 1 aromatic rings. The van der Waals surface area contributed by atoms with E-state index in [2.05, 4.69) is 0 Å². The van der Waals surface area contributed by atoms with E-state index in [0.717, 1.165) is 0 Å². The van der Waals surface area contributed by atoms with Crippen LogP contribution in [0.3, 0.4) is 0 Å². The summed E-state index contributed by atoms with van der Waals surface area (Å²) in [4.78, 5) is 25.0. The van der Waals surface area contributed by atoms with Crippen LogP contribution in [-0.2, 0) is 16.1 Å². The molecule has 3 N–H and O–H groups in total. The van der Waals surface area contributed by atoms with E-state index in [0.29, 0.717) is 25.4 Å². The van der Waals surface area contributed by atoms with E-state index in [-0.39, 0.29) is 18.9 Å². The van der Waals surface area contributed by atoms with E-state index >= 15 is 0 Å². The van der Waals surface area contributed by atoms with E-state index in [4.69, 9.17) is 15.6 Å². The summed E-state index contributed by atoms with van der Waals surface area (Å²) in [6.45, 7) is 1.48. The minimum atomic E-state index is -1.33. The summed E-state index contributed by atoms with van der Waals surface area (Å²) in [6, 6.07) is 3.50. The third-order valence-electron chi connectivity index (χ3n) is 3.60. The zero-order chi connectivity index (χ0) is 14.8. The number of carboxylic acids is 1. The number of ether oxygens (including phenoxy) is 1. The molecule has 1 amide bonds. The Morgan fingerprint density at radius 1 is 1.55 bits per heavy atom. The number of hydrogen-bond donors (Lipinski definition) is 2. The van der Waals surface area contributed by atoms with Crippen LogP contribution >= 0.6 is 0 Å². The summed E-state index contributed by atoms with van der Waals surface area (Å²) < 4.78 is 6.79. The van der Waals surface area contributed by atoms with Gasteiger partial charge in [0, 0.05) is 32.9 Å². The molecule has 2 rings (SSSR count). The Morgan fingerprint density at radius 2 is 2.30 bits per heavy atom. The molecule has 1 unspecified atom stereocenters. The Hall–Kier alpha value is -1.86. The zero-order valence-electron chi connectivity index (χ0n) is 11.4. The number of hydrogen-bond acceptors (Lipinski definition) is 4. The van der Waals surface area contributed by atoms with Crippen molar-refractivity contribution < 1.29 is 19.4 Å². The molecule has 7 nitrogen and oxygen atoms in total. The Balaban J connectivity index is 2.09. The van der Waals surface area contributed by atoms with Crippen molar-refractivity contribution in [3.63, 3.8) is 0 Å². The van der Waals surface area contributed by atoms with Crippen LogP contribution in [0.2, 0.25) is 0 Å². The van der Waals surface area contributed by atoms with Gasteiger partial charge in [0.2, 0.25) is 0 Å². The lowest BCUT2D eigenvalue weighted by atomic mass is 10.0.